The monoisotopic (exact) mass is 360 g/mol. The molecule has 2 aromatic heterocycles. The zero-order chi connectivity index (χ0) is 16.9. The van der Waals surface area contributed by atoms with Crippen molar-refractivity contribution in [3.8, 4) is 0 Å². The predicted octanol–water partition coefficient (Wildman–Crippen LogP) is 4.17. The molecule has 0 fully saturated rings. The van der Waals surface area contributed by atoms with E-state index in [0.717, 1.165) is 15.5 Å². The summed E-state index contributed by atoms with van der Waals surface area (Å²) in [5.74, 6) is -0.0726. The summed E-state index contributed by atoms with van der Waals surface area (Å²) in [6.07, 6.45) is 6.39. The van der Waals surface area contributed by atoms with Gasteiger partial charge in [0.15, 0.2) is 5.13 Å². The van der Waals surface area contributed by atoms with E-state index in [1.807, 2.05) is 43.5 Å². The molecule has 0 aliphatic rings. The fourth-order valence-electron chi connectivity index (χ4n) is 2.35. The number of rotatable bonds is 6. The number of thiazole rings is 1. The Balaban J connectivity index is 1.58. The van der Waals surface area contributed by atoms with Gasteiger partial charge >= 0.3 is 0 Å². The van der Waals surface area contributed by atoms with Gasteiger partial charge < -0.3 is 5.32 Å². The number of hydrogen-bond donors (Lipinski definition) is 1. The lowest BCUT2D eigenvalue weighted by molar-refractivity contribution is -0.116. The van der Waals surface area contributed by atoms with E-state index < -0.39 is 0 Å². The summed E-state index contributed by atoms with van der Waals surface area (Å²) in [4.78, 5) is 17.5. The molecule has 1 amide bonds. The van der Waals surface area contributed by atoms with Crippen LogP contribution < -0.4 is 5.32 Å². The first-order valence-electron chi connectivity index (χ1n) is 7.59. The van der Waals surface area contributed by atoms with Gasteiger partial charge in [0.05, 0.1) is 6.04 Å². The van der Waals surface area contributed by atoms with Crippen molar-refractivity contribution in [3.05, 3.63) is 64.4 Å². The van der Waals surface area contributed by atoms with Crippen LogP contribution in [0.25, 0.3) is 0 Å². The molecule has 0 aliphatic heterocycles. The van der Waals surface area contributed by atoms with E-state index >= 15 is 0 Å². The van der Waals surface area contributed by atoms with Gasteiger partial charge in [0.1, 0.15) is 0 Å². The minimum atomic E-state index is -0.0726. The summed E-state index contributed by atoms with van der Waals surface area (Å²) in [5.41, 5.74) is 1.05. The predicted molar refractivity (Wildman–Crippen MR) is 96.6 cm³/mol. The summed E-state index contributed by atoms with van der Waals surface area (Å²) in [6, 6.07) is 9.58. The minimum absolute atomic E-state index is 0.00237. The van der Waals surface area contributed by atoms with Crippen molar-refractivity contribution in [2.24, 2.45) is 0 Å². The number of halogens is 1. The van der Waals surface area contributed by atoms with E-state index in [4.69, 9.17) is 11.6 Å². The standard InChI is InChI=1S/C17H17ClN4OS/c1-12(22-8-4-7-20-22)9-16(23)21-17-19-11-14(24-17)10-13-5-2-3-6-15(13)18/h2-8,11-12H,9-10H2,1H3,(H,19,21,23)/t12-/m1/s1. The molecular formula is C17H17ClN4OS. The lowest BCUT2D eigenvalue weighted by atomic mass is 10.1. The van der Waals surface area contributed by atoms with Gasteiger partial charge in [-0.15, -0.1) is 11.3 Å². The zero-order valence-corrected chi connectivity index (χ0v) is 14.7. The molecule has 5 nitrogen and oxygen atoms in total. The Morgan fingerprint density at radius 2 is 2.21 bits per heavy atom. The summed E-state index contributed by atoms with van der Waals surface area (Å²) in [6.45, 7) is 1.96. The highest BCUT2D eigenvalue weighted by Crippen LogP contribution is 2.25. The van der Waals surface area contributed by atoms with Crippen LogP contribution in [0.5, 0.6) is 0 Å². The average molecular weight is 361 g/mol. The molecule has 1 atom stereocenters. The number of carbonyl (C=O) groups excluding carboxylic acids is 1. The number of carbonyl (C=O) groups is 1. The number of nitrogens with one attached hydrogen (secondary N) is 1. The fourth-order valence-corrected chi connectivity index (χ4v) is 3.40. The van der Waals surface area contributed by atoms with Crippen molar-refractivity contribution in [1.82, 2.24) is 14.8 Å². The average Bonchev–Trinajstić information content (AvgIpc) is 3.21. The van der Waals surface area contributed by atoms with Gasteiger partial charge in [-0.3, -0.25) is 9.48 Å². The van der Waals surface area contributed by atoms with E-state index in [0.29, 0.717) is 18.0 Å². The molecule has 0 unspecified atom stereocenters. The van der Waals surface area contributed by atoms with Crippen molar-refractivity contribution in [1.29, 1.82) is 0 Å². The van der Waals surface area contributed by atoms with Crippen molar-refractivity contribution in [3.63, 3.8) is 0 Å². The van der Waals surface area contributed by atoms with E-state index in [2.05, 4.69) is 15.4 Å². The highest BCUT2D eigenvalue weighted by Gasteiger charge is 2.13. The maximum absolute atomic E-state index is 12.1. The number of aromatic nitrogens is 3. The molecule has 124 valence electrons. The van der Waals surface area contributed by atoms with Gasteiger partial charge in [-0.2, -0.15) is 5.10 Å². The van der Waals surface area contributed by atoms with E-state index in [1.54, 1.807) is 17.1 Å². The van der Waals surface area contributed by atoms with Gasteiger partial charge in [-0.05, 0) is 24.6 Å². The summed E-state index contributed by atoms with van der Waals surface area (Å²) < 4.78 is 1.77. The van der Waals surface area contributed by atoms with Crippen LogP contribution in [0.15, 0.2) is 48.9 Å². The molecule has 1 aromatic carbocycles. The van der Waals surface area contributed by atoms with Crippen LogP contribution in [0.3, 0.4) is 0 Å². The Morgan fingerprint density at radius 3 is 2.96 bits per heavy atom. The van der Waals surface area contributed by atoms with Gasteiger partial charge in [0, 0.05) is 41.3 Å². The molecule has 3 aromatic rings. The Morgan fingerprint density at radius 1 is 1.38 bits per heavy atom. The summed E-state index contributed by atoms with van der Waals surface area (Å²) >= 11 is 7.64. The first-order chi connectivity index (χ1) is 11.6. The number of anilines is 1. The van der Waals surface area contributed by atoms with Crippen LogP contribution in [0.1, 0.15) is 29.8 Å². The lowest BCUT2D eigenvalue weighted by Gasteiger charge is -2.10. The van der Waals surface area contributed by atoms with Crippen molar-refractivity contribution >= 4 is 34.0 Å². The van der Waals surface area contributed by atoms with E-state index in [-0.39, 0.29) is 11.9 Å². The van der Waals surface area contributed by atoms with Crippen LogP contribution >= 0.6 is 22.9 Å². The first kappa shape index (κ1) is 16.7. The molecule has 24 heavy (non-hydrogen) atoms. The molecule has 0 saturated carbocycles. The van der Waals surface area contributed by atoms with E-state index in [9.17, 15) is 4.79 Å². The molecule has 0 bridgehead atoms. The molecule has 1 N–H and O–H groups in total. The van der Waals surface area contributed by atoms with Crippen LogP contribution in [-0.4, -0.2) is 20.7 Å². The zero-order valence-electron chi connectivity index (χ0n) is 13.1. The summed E-state index contributed by atoms with van der Waals surface area (Å²) in [7, 11) is 0. The number of amides is 1. The first-order valence-corrected chi connectivity index (χ1v) is 8.78. The quantitative estimate of drug-likeness (QED) is 0.717. The van der Waals surface area contributed by atoms with Gasteiger partial charge in [0.25, 0.3) is 0 Å². The summed E-state index contributed by atoms with van der Waals surface area (Å²) in [5, 5.41) is 8.34. The third-order valence-electron chi connectivity index (χ3n) is 3.58. The van der Waals surface area contributed by atoms with Crippen molar-refractivity contribution in [2.75, 3.05) is 5.32 Å². The molecule has 0 saturated heterocycles. The number of hydrogen-bond acceptors (Lipinski definition) is 4. The lowest BCUT2D eigenvalue weighted by Crippen LogP contribution is -2.17. The highest BCUT2D eigenvalue weighted by atomic mass is 35.5. The molecule has 0 aliphatic carbocycles. The third kappa shape index (κ3) is 4.21. The largest absolute Gasteiger partial charge is 0.302 e. The fraction of sp³-hybridized carbons (Fsp3) is 0.235. The second-order valence-electron chi connectivity index (χ2n) is 5.49. The third-order valence-corrected chi connectivity index (χ3v) is 4.86. The maximum atomic E-state index is 12.1. The SMILES string of the molecule is C[C@H](CC(=O)Nc1ncc(Cc2ccccc2Cl)s1)n1cccn1. The number of nitrogens with zero attached hydrogens (tertiary/aromatic N) is 3. The molecule has 2 heterocycles. The van der Waals surface area contributed by atoms with Crippen LogP contribution in [0.2, 0.25) is 5.02 Å². The van der Waals surface area contributed by atoms with Gasteiger partial charge in [0.2, 0.25) is 5.91 Å². The molecule has 7 heteroatoms. The van der Waals surface area contributed by atoms with Crippen molar-refractivity contribution < 1.29 is 4.79 Å². The molecular weight excluding hydrogens is 344 g/mol. The number of benzene rings is 1. The topological polar surface area (TPSA) is 59.8 Å². The normalized spacial score (nSPS) is 12.1. The van der Waals surface area contributed by atoms with Gasteiger partial charge in [-0.1, -0.05) is 29.8 Å². The van der Waals surface area contributed by atoms with Crippen LogP contribution in [-0.2, 0) is 11.2 Å². The van der Waals surface area contributed by atoms with Crippen LogP contribution in [0, 0.1) is 0 Å². The Hall–Kier alpha value is -2.18. The van der Waals surface area contributed by atoms with Crippen molar-refractivity contribution in [2.45, 2.75) is 25.8 Å². The highest BCUT2D eigenvalue weighted by molar-refractivity contribution is 7.15. The molecule has 3 rings (SSSR count). The smallest absolute Gasteiger partial charge is 0.228 e. The molecule has 0 spiro atoms. The maximum Gasteiger partial charge on any atom is 0.228 e. The molecule has 0 radical (unpaired) electrons. The Bertz CT molecular complexity index is 816. The van der Waals surface area contributed by atoms with Crippen LogP contribution in [0.4, 0.5) is 5.13 Å². The van der Waals surface area contributed by atoms with E-state index in [1.165, 1.54) is 11.3 Å². The second kappa shape index (κ2) is 7.59. The Kier molecular flexibility index (Phi) is 5.27. The second-order valence-corrected chi connectivity index (χ2v) is 7.01. The Labute approximate surface area is 149 Å². The van der Waals surface area contributed by atoms with Gasteiger partial charge in [-0.25, -0.2) is 4.98 Å². The minimum Gasteiger partial charge on any atom is -0.302 e.